The normalized spacial score (nSPS) is 18.1. The van der Waals surface area contributed by atoms with Crippen molar-refractivity contribution in [1.82, 2.24) is 5.32 Å². The standard InChI is InChI=1S/C10H7NO3/c12-9-10(13)14-8(11-9)6-7-4-2-1-3-5-7/h1-6H,(H,11,12)/b8-6+. The summed E-state index contributed by atoms with van der Waals surface area (Å²) in [4.78, 5) is 21.4. The van der Waals surface area contributed by atoms with Gasteiger partial charge in [-0.2, -0.15) is 0 Å². The predicted molar refractivity (Wildman–Crippen MR) is 48.7 cm³/mol. The lowest BCUT2D eigenvalue weighted by Gasteiger charge is -1.95. The molecule has 0 spiro atoms. The summed E-state index contributed by atoms with van der Waals surface area (Å²) in [5.41, 5.74) is 0.859. The van der Waals surface area contributed by atoms with E-state index in [0.717, 1.165) is 5.56 Å². The van der Waals surface area contributed by atoms with Crippen LogP contribution in [-0.4, -0.2) is 11.9 Å². The van der Waals surface area contributed by atoms with Gasteiger partial charge in [0.25, 0.3) is 0 Å². The maximum Gasteiger partial charge on any atom is 0.403 e. The van der Waals surface area contributed by atoms with Gasteiger partial charge in [-0.1, -0.05) is 30.3 Å². The van der Waals surface area contributed by atoms with Crippen LogP contribution in [0.2, 0.25) is 0 Å². The second-order valence-electron chi connectivity index (χ2n) is 2.76. The van der Waals surface area contributed by atoms with Crippen LogP contribution in [0.25, 0.3) is 6.08 Å². The third-order valence-electron chi connectivity index (χ3n) is 1.72. The summed E-state index contributed by atoms with van der Waals surface area (Å²) in [6, 6.07) is 9.26. The zero-order valence-electron chi connectivity index (χ0n) is 7.19. The van der Waals surface area contributed by atoms with Crippen molar-refractivity contribution in [3.05, 3.63) is 41.8 Å². The van der Waals surface area contributed by atoms with Crippen molar-refractivity contribution >= 4 is 18.0 Å². The molecule has 1 fully saturated rings. The van der Waals surface area contributed by atoms with E-state index in [9.17, 15) is 9.59 Å². The predicted octanol–water partition coefficient (Wildman–Crippen LogP) is 0.658. The minimum Gasteiger partial charge on any atom is -0.402 e. The Kier molecular flexibility index (Phi) is 2.02. The highest BCUT2D eigenvalue weighted by Crippen LogP contribution is 2.09. The molecule has 1 aromatic rings. The lowest BCUT2D eigenvalue weighted by molar-refractivity contribution is -0.145. The molecule has 1 aromatic carbocycles. The zero-order valence-corrected chi connectivity index (χ0v) is 7.19. The lowest BCUT2D eigenvalue weighted by atomic mass is 10.2. The van der Waals surface area contributed by atoms with Crippen molar-refractivity contribution in [2.45, 2.75) is 0 Å². The van der Waals surface area contributed by atoms with Crippen LogP contribution in [0.4, 0.5) is 0 Å². The fourth-order valence-corrected chi connectivity index (χ4v) is 1.10. The van der Waals surface area contributed by atoms with E-state index in [1.54, 1.807) is 6.08 Å². The quantitative estimate of drug-likeness (QED) is 0.521. The Bertz CT molecular complexity index is 391. The zero-order chi connectivity index (χ0) is 9.97. The minimum absolute atomic E-state index is 0.172. The molecule has 1 aliphatic rings. The lowest BCUT2D eigenvalue weighted by Crippen LogP contribution is -2.17. The molecule has 1 saturated heterocycles. The highest BCUT2D eigenvalue weighted by Gasteiger charge is 2.26. The Morgan fingerprint density at radius 2 is 1.86 bits per heavy atom. The molecular weight excluding hydrogens is 182 g/mol. The number of hydrogen-bond donors (Lipinski definition) is 1. The van der Waals surface area contributed by atoms with E-state index in [4.69, 9.17) is 0 Å². The number of hydrogen-bond acceptors (Lipinski definition) is 3. The highest BCUT2D eigenvalue weighted by molar-refractivity contribution is 6.35. The highest BCUT2D eigenvalue weighted by atomic mass is 16.6. The van der Waals surface area contributed by atoms with Crippen molar-refractivity contribution in [3.8, 4) is 0 Å². The van der Waals surface area contributed by atoms with Crippen LogP contribution in [-0.2, 0) is 14.3 Å². The molecule has 0 atom stereocenters. The number of amides is 1. The SMILES string of the molecule is O=C1N/C(=C\c2ccccc2)OC1=O. The Labute approximate surface area is 80.2 Å². The van der Waals surface area contributed by atoms with Crippen LogP contribution >= 0.6 is 0 Å². The molecule has 0 aromatic heterocycles. The molecule has 1 aliphatic heterocycles. The minimum atomic E-state index is -0.868. The van der Waals surface area contributed by atoms with Gasteiger partial charge in [-0.15, -0.1) is 0 Å². The van der Waals surface area contributed by atoms with Crippen LogP contribution in [0.1, 0.15) is 5.56 Å². The van der Waals surface area contributed by atoms with Gasteiger partial charge in [-0.3, -0.25) is 10.1 Å². The number of carbonyl (C=O) groups is 2. The summed E-state index contributed by atoms with van der Waals surface area (Å²) in [6.07, 6.45) is 1.59. The van der Waals surface area contributed by atoms with E-state index in [-0.39, 0.29) is 5.88 Å². The van der Waals surface area contributed by atoms with Gasteiger partial charge in [-0.05, 0) is 5.56 Å². The fourth-order valence-electron chi connectivity index (χ4n) is 1.10. The van der Waals surface area contributed by atoms with Crippen LogP contribution < -0.4 is 5.32 Å². The van der Waals surface area contributed by atoms with E-state index in [0.29, 0.717) is 0 Å². The average Bonchev–Trinajstić information content (AvgIpc) is 2.47. The molecule has 1 amide bonds. The Hall–Kier alpha value is -2.10. The van der Waals surface area contributed by atoms with Gasteiger partial charge in [0.1, 0.15) is 0 Å². The second kappa shape index (κ2) is 3.33. The van der Waals surface area contributed by atoms with E-state index in [2.05, 4.69) is 10.1 Å². The van der Waals surface area contributed by atoms with E-state index < -0.39 is 11.9 Å². The van der Waals surface area contributed by atoms with E-state index >= 15 is 0 Å². The summed E-state index contributed by atoms with van der Waals surface area (Å²) in [6.45, 7) is 0. The molecule has 0 aliphatic carbocycles. The van der Waals surface area contributed by atoms with Gasteiger partial charge in [0.15, 0.2) is 0 Å². The van der Waals surface area contributed by atoms with Crippen molar-refractivity contribution in [2.75, 3.05) is 0 Å². The first kappa shape index (κ1) is 8.50. The van der Waals surface area contributed by atoms with Crippen molar-refractivity contribution in [3.63, 3.8) is 0 Å². The Morgan fingerprint density at radius 1 is 1.14 bits per heavy atom. The molecular formula is C10H7NO3. The maximum atomic E-state index is 10.7. The van der Waals surface area contributed by atoms with Crippen molar-refractivity contribution in [1.29, 1.82) is 0 Å². The molecule has 70 valence electrons. The number of rotatable bonds is 1. The third-order valence-corrected chi connectivity index (χ3v) is 1.72. The van der Waals surface area contributed by atoms with Gasteiger partial charge >= 0.3 is 11.9 Å². The molecule has 0 bridgehead atoms. The van der Waals surface area contributed by atoms with Crippen LogP contribution in [0.5, 0.6) is 0 Å². The first-order chi connectivity index (χ1) is 6.75. The first-order valence-electron chi connectivity index (χ1n) is 4.05. The fraction of sp³-hybridized carbons (Fsp3) is 0. The molecule has 2 rings (SSSR count). The topological polar surface area (TPSA) is 55.4 Å². The van der Waals surface area contributed by atoms with Gasteiger partial charge in [-0.25, -0.2) is 4.79 Å². The van der Waals surface area contributed by atoms with Crippen LogP contribution in [0.15, 0.2) is 36.2 Å². The molecule has 0 unspecified atom stereocenters. The first-order valence-corrected chi connectivity index (χ1v) is 4.05. The number of benzene rings is 1. The maximum absolute atomic E-state index is 10.7. The summed E-state index contributed by atoms with van der Waals surface area (Å²) >= 11 is 0. The Balaban J connectivity index is 2.22. The number of esters is 1. The number of carbonyl (C=O) groups excluding carboxylic acids is 2. The van der Waals surface area contributed by atoms with Gasteiger partial charge in [0.05, 0.1) is 0 Å². The molecule has 0 radical (unpaired) electrons. The summed E-state index contributed by atoms with van der Waals surface area (Å²) in [7, 11) is 0. The smallest absolute Gasteiger partial charge is 0.402 e. The van der Waals surface area contributed by atoms with Crippen LogP contribution in [0, 0.1) is 0 Å². The van der Waals surface area contributed by atoms with Gasteiger partial charge in [0, 0.05) is 6.08 Å². The molecule has 14 heavy (non-hydrogen) atoms. The molecule has 4 heteroatoms. The summed E-state index contributed by atoms with van der Waals surface area (Å²) < 4.78 is 4.64. The van der Waals surface area contributed by atoms with Crippen molar-refractivity contribution < 1.29 is 14.3 Å². The number of ether oxygens (including phenoxy) is 1. The van der Waals surface area contributed by atoms with Gasteiger partial charge in [0.2, 0.25) is 5.88 Å². The van der Waals surface area contributed by atoms with Gasteiger partial charge < -0.3 is 4.74 Å². The van der Waals surface area contributed by atoms with E-state index in [1.807, 2.05) is 30.3 Å². The second-order valence-corrected chi connectivity index (χ2v) is 2.76. The van der Waals surface area contributed by atoms with E-state index in [1.165, 1.54) is 0 Å². The molecule has 1 heterocycles. The third kappa shape index (κ3) is 1.64. The molecule has 4 nitrogen and oxygen atoms in total. The molecule has 0 saturated carbocycles. The summed E-state index contributed by atoms with van der Waals surface area (Å²) in [5, 5.41) is 2.30. The number of cyclic esters (lactones) is 1. The summed E-state index contributed by atoms with van der Waals surface area (Å²) in [5.74, 6) is -1.43. The van der Waals surface area contributed by atoms with Crippen molar-refractivity contribution in [2.24, 2.45) is 0 Å². The monoisotopic (exact) mass is 189 g/mol. The average molecular weight is 189 g/mol. The molecule has 1 N–H and O–H groups in total. The van der Waals surface area contributed by atoms with Crippen LogP contribution in [0.3, 0.4) is 0 Å². The Morgan fingerprint density at radius 3 is 2.43 bits per heavy atom. The largest absolute Gasteiger partial charge is 0.403 e. The number of nitrogens with one attached hydrogen (secondary N) is 1.